The second-order valence-corrected chi connectivity index (χ2v) is 7.67. The molecule has 3 aromatic rings. The Morgan fingerprint density at radius 2 is 1.66 bits per heavy atom. The van der Waals surface area contributed by atoms with Crippen LogP contribution in [0.1, 0.15) is 26.5 Å². The van der Waals surface area contributed by atoms with Gasteiger partial charge >= 0.3 is 0 Å². The van der Waals surface area contributed by atoms with Crippen LogP contribution in [-0.2, 0) is 0 Å². The second-order valence-electron chi connectivity index (χ2n) is 6.73. The number of anilines is 2. The second kappa shape index (κ2) is 9.89. The van der Waals surface area contributed by atoms with Crippen molar-refractivity contribution in [3.63, 3.8) is 0 Å². The maximum atomic E-state index is 12.7. The van der Waals surface area contributed by atoms with Gasteiger partial charge < -0.3 is 15.1 Å². The zero-order chi connectivity index (χ0) is 20.6. The van der Waals surface area contributed by atoms with E-state index >= 15 is 0 Å². The average molecular weight is 408 g/mol. The number of benzene rings is 2. The third kappa shape index (κ3) is 5.23. The lowest BCUT2D eigenvalue weighted by atomic mass is 10.1. The van der Waals surface area contributed by atoms with E-state index in [-0.39, 0.29) is 11.8 Å². The monoisotopic (exact) mass is 407 g/mol. The van der Waals surface area contributed by atoms with E-state index in [2.05, 4.69) is 22.3 Å². The fraction of sp³-hybridized carbons (Fsp3) is 0.217. The van der Waals surface area contributed by atoms with Crippen LogP contribution in [-0.4, -0.2) is 39.0 Å². The van der Waals surface area contributed by atoms with Gasteiger partial charge in [-0.15, -0.1) is 11.3 Å². The molecule has 1 aromatic heterocycles. The van der Waals surface area contributed by atoms with Crippen molar-refractivity contribution < 1.29 is 9.59 Å². The zero-order valence-electron chi connectivity index (χ0n) is 16.7. The number of thiophene rings is 1. The Morgan fingerprint density at radius 1 is 0.931 bits per heavy atom. The first-order chi connectivity index (χ1) is 14.1. The summed E-state index contributed by atoms with van der Waals surface area (Å²) < 4.78 is 0. The van der Waals surface area contributed by atoms with Gasteiger partial charge in [0, 0.05) is 32.9 Å². The largest absolute Gasteiger partial charge is 0.375 e. The summed E-state index contributed by atoms with van der Waals surface area (Å²) in [5, 5.41) is 4.84. The SMILES string of the molecule is CN(CCCNC(=O)c1ccccc1N(C)C(=O)c1cccs1)c1ccccc1. The number of para-hydroxylation sites is 2. The van der Waals surface area contributed by atoms with Crippen LogP contribution >= 0.6 is 11.3 Å². The van der Waals surface area contributed by atoms with Crippen molar-refractivity contribution in [3.8, 4) is 0 Å². The van der Waals surface area contributed by atoms with E-state index in [1.54, 1.807) is 25.2 Å². The zero-order valence-corrected chi connectivity index (χ0v) is 17.5. The molecule has 0 saturated carbocycles. The Kier molecular flexibility index (Phi) is 7.03. The summed E-state index contributed by atoms with van der Waals surface area (Å²) in [6.45, 7) is 1.40. The van der Waals surface area contributed by atoms with Gasteiger partial charge in [-0.1, -0.05) is 36.4 Å². The van der Waals surface area contributed by atoms with E-state index in [0.717, 1.165) is 18.7 Å². The van der Waals surface area contributed by atoms with Crippen LogP contribution in [0.5, 0.6) is 0 Å². The van der Waals surface area contributed by atoms with Crippen molar-refractivity contribution in [2.24, 2.45) is 0 Å². The van der Waals surface area contributed by atoms with Crippen molar-refractivity contribution in [2.75, 3.05) is 37.0 Å². The van der Waals surface area contributed by atoms with E-state index in [1.807, 2.05) is 48.8 Å². The van der Waals surface area contributed by atoms with Gasteiger partial charge in [-0.3, -0.25) is 9.59 Å². The molecule has 150 valence electrons. The molecule has 5 nitrogen and oxygen atoms in total. The third-order valence-corrected chi connectivity index (χ3v) is 5.56. The van der Waals surface area contributed by atoms with Gasteiger partial charge in [-0.2, -0.15) is 0 Å². The van der Waals surface area contributed by atoms with E-state index < -0.39 is 0 Å². The molecule has 1 N–H and O–H groups in total. The first kappa shape index (κ1) is 20.6. The van der Waals surface area contributed by atoms with Gasteiger partial charge in [-0.05, 0) is 42.1 Å². The lowest BCUT2D eigenvalue weighted by Crippen LogP contribution is -2.31. The molecular formula is C23H25N3O2S. The number of hydrogen-bond acceptors (Lipinski definition) is 4. The van der Waals surface area contributed by atoms with Crippen LogP contribution in [0.4, 0.5) is 11.4 Å². The Bertz CT molecular complexity index is 942. The van der Waals surface area contributed by atoms with Gasteiger partial charge in [-0.25, -0.2) is 0 Å². The number of amides is 2. The number of carbonyl (C=O) groups excluding carboxylic acids is 2. The molecular weight excluding hydrogens is 382 g/mol. The molecule has 0 saturated heterocycles. The highest BCUT2D eigenvalue weighted by Gasteiger charge is 2.20. The first-order valence-electron chi connectivity index (χ1n) is 9.53. The summed E-state index contributed by atoms with van der Waals surface area (Å²) in [5.74, 6) is -0.293. The lowest BCUT2D eigenvalue weighted by Gasteiger charge is -2.21. The standard InChI is InChI=1S/C23H25N3O2S/c1-25(18-10-4-3-5-11-18)16-9-15-24-22(27)19-12-6-7-13-20(19)26(2)23(28)21-14-8-17-29-21/h3-8,10-14,17H,9,15-16H2,1-2H3,(H,24,27). The van der Waals surface area contributed by atoms with Crippen LogP contribution in [0.2, 0.25) is 0 Å². The molecule has 0 aliphatic carbocycles. The van der Waals surface area contributed by atoms with Crippen molar-refractivity contribution in [1.29, 1.82) is 0 Å². The molecule has 2 aromatic carbocycles. The minimum Gasteiger partial charge on any atom is -0.375 e. The maximum Gasteiger partial charge on any atom is 0.268 e. The summed E-state index contributed by atoms with van der Waals surface area (Å²) >= 11 is 1.39. The number of hydrogen-bond donors (Lipinski definition) is 1. The molecule has 0 bridgehead atoms. The Labute approximate surface area is 175 Å². The predicted molar refractivity (Wildman–Crippen MR) is 120 cm³/mol. The summed E-state index contributed by atoms with van der Waals surface area (Å²) in [7, 11) is 3.74. The highest BCUT2D eigenvalue weighted by Crippen LogP contribution is 2.22. The molecule has 0 aliphatic rings. The summed E-state index contributed by atoms with van der Waals surface area (Å²) in [4.78, 5) is 29.7. The van der Waals surface area contributed by atoms with Gasteiger partial charge in [0.05, 0.1) is 16.1 Å². The van der Waals surface area contributed by atoms with Crippen LogP contribution in [0.3, 0.4) is 0 Å². The molecule has 0 unspecified atom stereocenters. The Balaban J connectivity index is 1.58. The number of nitrogens with one attached hydrogen (secondary N) is 1. The van der Waals surface area contributed by atoms with Crippen molar-refractivity contribution in [2.45, 2.75) is 6.42 Å². The average Bonchev–Trinajstić information content (AvgIpc) is 3.31. The summed E-state index contributed by atoms with van der Waals surface area (Å²) in [5.41, 5.74) is 2.25. The van der Waals surface area contributed by atoms with Crippen molar-refractivity contribution in [1.82, 2.24) is 5.32 Å². The quantitative estimate of drug-likeness (QED) is 0.567. The Morgan fingerprint density at radius 3 is 2.38 bits per heavy atom. The van der Waals surface area contributed by atoms with Gasteiger partial charge in [0.2, 0.25) is 0 Å². The minimum absolute atomic E-state index is 0.121. The van der Waals surface area contributed by atoms with Gasteiger partial charge in [0.15, 0.2) is 0 Å². The van der Waals surface area contributed by atoms with Crippen molar-refractivity contribution in [3.05, 3.63) is 82.6 Å². The molecule has 6 heteroatoms. The highest BCUT2D eigenvalue weighted by molar-refractivity contribution is 7.12. The fourth-order valence-corrected chi connectivity index (χ4v) is 3.76. The normalized spacial score (nSPS) is 10.4. The first-order valence-corrected chi connectivity index (χ1v) is 10.4. The molecule has 0 aliphatic heterocycles. The van der Waals surface area contributed by atoms with Crippen LogP contribution in [0.15, 0.2) is 72.1 Å². The lowest BCUT2D eigenvalue weighted by molar-refractivity contribution is 0.0954. The van der Waals surface area contributed by atoms with Crippen LogP contribution in [0, 0.1) is 0 Å². The van der Waals surface area contributed by atoms with Gasteiger partial charge in [0.1, 0.15) is 0 Å². The molecule has 29 heavy (non-hydrogen) atoms. The van der Waals surface area contributed by atoms with Crippen LogP contribution in [0.25, 0.3) is 0 Å². The molecule has 0 atom stereocenters. The van der Waals surface area contributed by atoms with E-state index in [1.165, 1.54) is 16.2 Å². The Hall–Kier alpha value is -3.12. The summed E-state index contributed by atoms with van der Waals surface area (Å²) in [6.07, 6.45) is 0.823. The van der Waals surface area contributed by atoms with E-state index in [9.17, 15) is 9.59 Å². The van der Waals surface area contributed by atoms with Crippen LogP contribution < -0.4 is 15.1 Å². The minimum atomic E-state index is -0.172. The van der Waals surface area contributed by atoms with Crippen molar-refractivity contribution >= 4 is 34.5 Å². The van der Waals surface area contributed by atoms with Gasteiger partial charge in [0.25, 0.3) is 11.8 Å². The predicted octanol–water partition coefficient (Wildman–Crippen LogP) is 4.28. The fourth-order valence-electron chi connectivity index (χ4n) is 3.06. The maximum absolute atomic E-state index is 12.7. The third-order valence-electron chi connectivity index (χ3n) is 4.70. The molecule has 0 radical (unpaired) electrons. The van der Waals surface area contributed by atoms with E-state index in [4.69, 9.17) is 0 Å². The smallest absolute Gasteiger partial charge is 0.268 e. The molecule has 0 fully saturated rings. The molecule has 1 heterocycles. The topological polar surface area (TPSA) is 52.7 Å². The number of carbonyl (C=O) groups is 2. The highest BCUT2D eigenvalue weighted by atomic mass is 32.1. The molecule has 3 rings (SSSR count). The molecule has 0 spiro atoms. The number of nitrogens with zero attached hydrogens (tertiary/aromatic N) is 2. The summed E-state index contributed by atoms with van der Waals surface area (Å²) in [6, 6.07) is 21.0. The molecule has 2 amide bonds. The van der Waals surface area contributed by atoms with E-state index in [0.29, 0.717) is 22.7 Å². The number of rotatable bonds is 8.